The van der Waals surface area contributed by atoms with Crippen LogP contribution in [0.25, 0.3) is 0 Å². The largest absolute Gasteiger partial charge is 0.389 e. The Bertz CT molecular complexity index is 202. The molecule has 4 nitrogen and oxygen atoms in total. The summed E-state index contributed by atoms with van der Waals surface area (Å²) in [5.74, 6) is -0.0334. The van der Waals surface area contributed by atoms with E-state index in [0.717, 1.165) is 0 Å². The van der Waals surface area contributed by atoms with Crippen LogP contribution in [0.5, 0.6) is 0 Å². The van der Waals surface area contributed by atoms with Crippen molar-refractivity contribution in [2.45, 2.75) is 52.2 Å². The highest BCUT2D eigenvalue weighted by Gasteiger charge is 2.14. The van der Waals surface area contributed by atoms with E-state index in [1.54, 1.807) is 13.8 Å². The maximum absolute atomic E-state index is 11.3. The van der Waals surface area contributed by atoms with Crippen molar-refractivity contribution in [2.24, 2.45) is 0 Å². The first kappa shape index (κ1) is 14.4. The smallest absolute Gasteiger partial charge is 0.221 e. The number of carbonyl (C=O) groups excluding carboxylic acids is 1. The SMILES string of the molecule is CC(C)(O)CNC(=O)CCNC(C)(C)C. The van der Waals surface area contributed by atoms with Crippen LogP contribution < -0.4 is 10.6 Å². The highest BCUT2D eigenvalue weighted by atomic mass is 16.3. The number of amides is 1. The van der Waals surface area contributed by atoms with Gasteiger partial charge in [0, 0.05) is 25.0 Å². The Balaban J connectivity index is 3.60. The highest BCUT2D eigenvalue weighted by molar-refractivity contribution is 5.76. The topological polar surface area (TPSA) is 61.4 Å². The molecule has 0 radical (unpaired) electrons. The third-order valence-corrected chi connectivity index (χ3v) is 1.73. The van der Waals surface area contributed by atoms with Crippen LogP contribution in [0, 0.1) is 0 Å². The minimum Gasteiger partial charge on any atom is -0.389 e. The lowest BCUT2D eigenvalue weighted by Gasteiger charge is -2.21. The highest BCUT2D eigenvalue weighted by Crippen LogP contribution is 1.99. The van der Waals surface area contributed by atoms with Gasteiger partial charge in [0.05, 0.1) is 5.60 Å². The number of rotatable bonds is 5. The molecule has 0 aliphatic carbocycles. The second-order valence-corrected chi connectivity index (χ2v) is 5.52. The van der Waals surface area contributed by atoms with Crippen LogP contribution in [0.2, 0.25) is 0 Å². The van der Waals surface area contributed by atoms with E-state index in [2.05, 4.69) is 31.4 Å². The van der Waals surface area contributed by atoms with E-state index in [9.17, 15) is 9.90 Å². The van der Waals surface area contributed by atoms with E-state index in [1.807, 2.05) is 0 Å². The van der Waals surface area contributed by atoms with E-state index >= 15 is 0 Å². The van der Waals surface area contributed by atoms with Crippen molar-refractivity contribution in [3.05, 3.63) is 0 Å². The molecular formula is C11H24N2O2. The zero-order chi connectivity index (χ0) is 12.1. The van der Waals surface area contributed by atoms with Crippen LogP contribution in [0.3, 0.4) is 0 Å². The van der Waals surface area contributed by atoms with Crippen molar-refractivity contribution in [3.8, 4) is 0 Å². The Morgan fingerprint density at radius 3 is 2.13 bits per heavy atom. The van der Waals surface area contributed by atoms with Crippen LogP contribution in [0.4, 0.5) is 0 Å². The molecule has 0 unspecified atom stereocenters. The van der Waals surface area contributed by atoms with Gasteiger partial charge in [-0.1, -0.05) is 0 Å². The molecule has 90 valence electrons. The van der Waals surface area contributed by atoms with Gasteiger partial charge in [0.15, 0.2) is 0 Å². The summed E-state index contributed by atoms with van der Waals surface area (Å²) in [7, 11) is 0. The Kier molecular flexibility index (Phi) is 5.24. The van der Waals surface area contributed by atoms with Crippen molar-refractivity contribution < 1.29 is 9.90 Å². The summed E-state index contributed by atoms with van der Waals surface area (Å²) in [6, 6.07) is 0. The summed E-state index contributed by atoms with van der Waals surface area (Å²) in [5.41, 5.74) is -0.802. The molecule has 4 heteroatoms. The van der Waals surface area contributed by atoms with E-state index in [0.29, 0.717) is 19.5 Å². The first-order valence-corrected chi connectivity index (χ1v) is 5.34. The molecule has 0 saturated heterocycles. The van der Waals surface area contributed by atoms with Crippen LogP contribution in [0.15, 0.2) is 0 Å². The predicted molar refractivity (Wildman–Crippen MR) is 61.7 cm³/mol. The standard InChI is InChI=1S/C11H24N2O2/c1-10(2,3)13-7-6-9(14)12-8-11(4,5)15/h13,15H,6-8H2,1-5H3,(H,12,14). The average molecular weight is 216 g/mol. The van der Waals surface area contributed by atoms with Crippen LogP contribution in [-0.2, 0) is 4.79 Å². The molecule has 0 rings (SSSR count). The normalized spacial score (nSPS) is 12.7. The van der Waals surface area contributed by atoms with Gasteiger partial charge < -0.3 is 15.7 Å². The zero-order valence-electron chi connectivity index (χ0n) is 10.5. The Morgan fingerprint density at radius 2 is 1.73 bits per heavy atom. The van der Waals surface area contributed by atoms with Gasteiger partial charge in [-0.15, -0.1) is 0 Å². The molecule has 15 heavy (non-hydrogen) atoms. The minimum atomic E-state index is -0.840. The Morgan fingerprint density at radius 1 is 1.20 bits per heavy atom. The number of carbonyl (C=O) groups is 1. The molecule has 0 aromatic heterocycles. The summed E-state index contributed by atoms with van der Waals surface area (Å²) in [4.78, 5) is 11.3. The van der Waals surface area contributed by atoms with Crippen molar-refractivity contribution in [1.82, 2.24) is 10.6 Å². The fourth-order valence-electron chi connectivity index (χ4n) is 0.954. The summed E-state index contributed by atoms with van der Waals surface area (Å²) >= 11 is 0. The molecule has 3 N–H and O–H groups in total. The summed E-state index contributed by atoms with van der Waals surface area (Å²) in [6.45, 7) is 10.5. The third kappa shape index (κ3) is 11.3. The van der Waals surface area contributed by atoms with Gasteiger partial charge in [0.25, 0.3) is 0 Å². The molecule has 0 atom stereocenters. The predicted octanol–water partition coefficient (Wildman–Crippen LogP) is 0.652. The second kappa shape index (κ2) is 5.47. The van der Waals surface area contributed by atoms with Gasteiger partial charge in [-0.3, -0.25) is 4.79 Å². The summed E-state index contributed by atoms with van der Waals surface area (Å²) < 4.78 is 0. The zero-order valence-corrected chi connectivity index (χ0v) is 10.5. The molecule has 0 fully saturated rings. The summed E-state index contributed by atoms with van der Waals surface area (Å²) in [5, 5.41) is 15.3. The van der Waals surface area contributed by atoms with Gasteiger partial charge in [0.1, 0.15) is 0 Å². The van der Waals surface area contributed by atoms with Crippen LogP contribution in [0.1, 0.15) is 41.0 Å². The van der Waals surface area contributed by atoms with Crippen molar-refractivity contribution >= 4 is 5.91 Å². The van der Waals surface area contributed by atoms with Crippen molar-refractivity contribution in [1.29, 1.82) is 0 Å². The molecule has 0 aromatic rings. The monoisotopic (exact) mass is 216 g/mol. The number of hydrogen-bond donors (Lipinski definition) is 3. The summed E-state index contributed by atoms with van der Waals surface area (Å²) in [6.07, 6.45) is 0.438. The average Bonchev–Trinajstić information content (AvgIpc) is 1.97. The van der Waals surface area contributed by atoms with Gasteiger partial charge in [-0.05, 0) is 34.6 Å². The number of hydrogen-bond acceptors (Lipinski definition) is 3. The molecule has 0 saturated carbocycles. The third-order valence-electron chi connectivity index (χ3n) is 1.73. The fourth-order valence-corrected chi connectivity index (χ4v) is 0.954. The molecule has 0 spiro atoms. The molecule has 0 aliphatic rings. The van der Waals surface area contributed by atoms with E-state index in [4.69, 9.17) is 0 Å². The number of nitrogens with one attached hydrogen (secondary N) is 2. The van der Waals surface area contributed by atoms with E-state index in [-0.39, 0.29) is 11.4 Å². The van der Waals surface area contributed by atoms with Gasteiger partial charge >= 0.3 is 0 Å². The van der Waals surface area contributed by atoms with E-state index < -0.39 is 5.60 Å². The first-order chi connectivity index (χ1) is 6.60. The maximum Gasteiger partial charge on any atom is 0.221 e. The molecule has 0 aliphatic heterocycles. The van der Waals surface area contributed by atoms with Crippen molar-refractivity contribution in [2.75, 3.05) is 13.1 Å². The van der Waals surface area contributed by atoms with Crippen molar-refractivity contribution in [3.63, 3.8) is 0 Å². The Hall–Kier alpha value is -0.610. The van der Waals surface area contributed by atoms with Gasteiger partial charge in [0.2, 0.25) is 5.91 Å². The van der Waals surface area contributed by atoms with E-state index in [1.165, 1.54) is 0 Å². The molecular weight excluding hydrogens is 192 g/mol. The Labute approximate surface area is 92.4 Å². The van der Waals surface area contributed by atoms with Gasteiger partial charge in [-0.25, -0.2) is 0 Å². The number of aliphatic hydroxyl groups is 1. The lowest BCUT2D eigenvalue weighted by atomic mass is 10.1. The fraction of sp³-hybridized carbons (Fsp3) is 0.909. The first-order valence-electron chi connectivity index (χ1n) is 5.34. The molecule has 1 amide bonds. The lowest BCUT2D eigenvalue weighted by Crippen LogP contribution is -2.41. The van der Waals surface area contributed by atoms with Crippen LogP contribution >= 0.6 is 0 Å². The quantitative estimate of drug-likeness (QED) is 0.632. The maximum atomic E-state index is 11.3. The molecule has 0 aromatic carbocycles. The van der Waals surface area contributed by atoms with Gasteiger partial charge in [-0.2, -0.15) is 0 Å². The van der Waals surface area contributed by atoms with Crippen LogP contribution in [-0.4, -0.2) is 35.2 Å². The lowest BCUT2D eigenvalue weighted by molar-refractivity contribution is -0.122. The second-order valence-electron chi connectivity index (χ2n) is 5.52. The molecule has 0 heterocycles. The minimum absolute atomic E-state index is 0.0334. The molecule has 0 bridgehead atoms.